The average Bonchev–Trinajstić information content (AvgIpc) is 2.83. The Morgan fingerprint density at radius 3 is 2.59 bits per heavy atom. The molecule has 0 spiro atoms. The van der Waals surface area contributed by atoms with E-state index in [-0.39, 0.29) is 0 Å². The molecule has 1 aliphatic heterocycles. The summed E-state index contributed by atoms with van der Waals surface area (Å²) in [5.74, 6) is 1.75. The highest BCUT2D eigenvalue weighted by Gasteiger charge is 2.22. The van der Waals surface area contributed by atoms with Crippen LogP contribution in [0.1, 0.15) is 36.8 Å². The molecule has 0 aromatic heterocycles. The summed E-state index contributed by atoms with van der Waals surface area (Å²) in [6, 6.07) is 4.38. The van der Waals surface area contributed by atoms with E-state index < -0.39 is 0 Å². The monoisotopic (exact) mass is 270 g/mol. The zero-order valence-electron chi connectivity index (χ0n) is 10.2. The van der Waals surface area contributed by atoms with Crippen molar-refractivity contribution in [1.29, 1.82) is 0 Å². The first kappa shape index (κ1) is 13.2. The lowest BCUT2D eigenvalue weighted by Gasteiger charge is -2.17. The predicted octanol–water partition coefficient (Wildman–Crippen LogP) is 2.80. The predicted molar refractivity (Wildman–Crippen MR) is 76.2 cm³/mol. The van der Waals surface area contributed by atoms with Crippen molar-refractivity contribution in [3.05, 3.63) is 23.3 Å². The molecule has 1 heterocycles. The second kappa shape index (κ2) is 5.57. The van der Waals surface area contributed by atoms with Gasteiger partial charge in [-0.3, -0.25) is 0 Å². The molecular formula is C12H19N2OPS. The van der Waals surface area contributed by atoms with Crippen LogP contribution in [0.4, 0.5) is 0 Å². The summed E-state index contributed by atoms with van der Waals surface area (Å²) < 4.78 is 5.68. The summed E-state index contributed by atoms with van der Waals surface area (Å²) in [6.45, 7) is 5.62. The Morgan fingerprint density at radius 2 is 1.94 bits per heavy atom. The summed E-state index contributed by atoms with van der Waals surface area (Å²) >= 11 is 1.78. The normalized spacial score (nSPS) is 18.8. The van der Waals surface area contributed by atoms with E-state index in [1.807, 2.05) is 0 Å². The van der Waals surface area contributed by atoms with Crippen molar-refractivity contribution >= 4 is 19.4 Å². The molecule has 0 saturated carbocycles. The fraction of sp³-hybridized carbons (Fsp3) is 0.500. The van der Waals surface area contributed by atoms with Crippen LogP contribution in [0.2, 0.25) is 0 Å². The summed E-state index contributed by atoms with van der Waals surface area (Å²) in [6.07, 6.45) is 0. The summed E-state index contributed by atoms with van der Waals surface area (Å²) in [5, 5.41) is 0. The molecule has 0 amide bonds. The third-order valence-electron chi connectivity index (χ3n) is 3.21. The summed E-state index contributed by atoms with van der Waals surface area (Å²) in [5.41, 5.74) is 14.1. The molecule has 4 N–H and O–H groups in total. The van der Waals surface area contributed by atoms with Crippen LogP contribution in [0, 0.1) is 0 Å². The minimum Gasteiger partial charge on any atom is -0.465 e. The molecule has 94 valence electrons. The fourth-order valence-electron chi connectivity index (χ4n) is 1.85. The van der Waals surface area contributed by atoms with Crippen LogP contribution in [-0.2, 0) is 0 Å². The summed E-state index contributed by atoms with van der Waals surface area (Å²) in [4.78, 5) is 1.27. The Kier molecular flexibility index (Phi) is 4.31. The molecule has 3 unspecified atom stereocenters. The highest BCUT2D eigenvalue weighted by molar-refractivity contribution is 8.48. The maximum absolute atomic E-state index is 5.78. The number of hydrogen-bond acceptors (Lipinski definition) is 4. The van der Waals surface area contributed by atoms with E-state index in [0.29, 0.717) is 32.9 Å². The molecule has 0 bridgehead atoms. The first-order valence-electron chi connectivity index (χ1n) is 5.84. The van der Waals surface area contributed by atoms with Crippen molar-refractivity contribution in [3.8, 4) is 5.75 Å². The van der Waals surface area contributed by atoms with E-state index in [1.54, 1.807) is 11.4 Å². The lowest BCUT2D eigenvalue weighted by Crippen LogP contribution is -2.12. The van der Waals surface area contributed by atoms with Gasteiger partial charge in [0, 0.05) is 0 Å². The molecule has 3 nitrogen and oxygen atoms in total. The van der Waals surface area contributed by atoms with Crippen LogP contribution in [0.3, 0.4) is 0 Å². The van der Waals surface area contributed by atoms with Crippen molar-refractivity contribution in [2.75, 3.05) is 13.1 Å². The molecular weight excluding hydrogens is 251 g/mol. The number of fused-ring (bicyclic) bond motifs is 1. The molecule has 3 atom stereocenters. The molecule has 5 heteroatoms. The standard InChI is InChI=1S/C12H19N2OPS/c1-7(5-13)9-3-10(8(2)6-14)12-11(4-9)15-16-17-12/h3-4,7-8,16H,5-6,13-14H2,1-2H3. The largest absolute Gasteiger partial charge is 0.465 e. The Bertz CT molecular complexity index is 414. The molecule has 2 rings (SSSR count). The molecule has 0 saturated heterocycles. The first-order chi connectivity index (χ1) is 8.17. The van der Waals surface area contributed by atoms with Crippen molar-refractivity contribution in [2.45, 2.75) is 30.6 Å². The molecule has 1 aliphatic rings. The van der Waals surface area contributed by atoms with Gasteiger partial charge in [0.05, 0.1) is 4.90 Å². The molecule has 0 fully saturated rings. The smallest absolute Gasteiger partial charge is 0.139 e. The third-order valence-corrected chi connectivity index (χ3v) is 5.35. The van der Waals surface area contributed by atoms with Crippen molar-refractivity contribution in [1.82, 2.24) is 0 Å². The lowest BCUT2D eigenvalue weighted by molar-refractivity contribution is 0.618. The van der Waals surface area contributed by atoms with Gasteiger partial charge in [0.15, 0.2) is 0 Å². The summed E-state index contributed by atoms with van der Waals surface area (Å²) in [7, 11) is 0.472. The van der Waals surface area contributed by atoms with E-state index in [1.165, 1.54) is 16.0 Å². The van der Waals surface area contributed by atoms with Gasteiger partial charge in [-0.2, -0.15) is 0 Å². The number of nitrogens with two attached hydrogens (primary N) is 2. The van der Waals surface area contributed by atoms with Crippen LogP contribution in [0.25, 0.3) is 0 Å². The van der Waals surface area contributed by atoms with Crippen LogP contribution in [-0.4, -0.2) is 13.1 Å². The van der Waals surface area contributed by atoms with Gasteiger partial charge in [-0.1, -0.05) is 31.3 Å². The van der Waals surface area contributed by atoms with Gasteiger partial charge in [0.1, 0.15) is 13.8 Å². The van der Waals surface area contributed by atoms with Gasteiger partial charge in [-0.25, -0.2) is 0 Å². The zero-order chi connectivity index (χ0) is 12.4. The van der Waals surface area contributed by atoms with Gasteiger partial charge in [0.25, 0.3) is 0 Å². The third kappa shape index (κ3) is 2.60. The fourth-order valence-corrected chi connectivity index (χ4v) is 4.18. The number of hydrogen-bond donors (Lipinski definition) is 2. The average molecular weight is 270 g/mol. The number of benzene rings is 1. The maximum Gasteiger partial charge on any atom is 0.139 e. The van der Waals surface area contributed by atoms with E-state index in [2.05, 4.69) is 26.0 Å². The minimum absolute atomic E-state index is 0.363. The lowest BCUT2D eigenvalue weighted by atomic mass is 9.93. The van der Waals surface area contributed by atoms with Crippen LogP contribution in [0.15, 0.2) is 17.0 Å². The SMILES string of the molecule is CC(CN)c1cc2c(c(C(C)CN)c1)SPO2. The van der Waals surface area contributed by atoms with Crippen molar-refractivity contribution < 1.29 is 4.52 Å². The van der Waals surface area contributed by atoms with Crippen LogP contribution in [0.5, 0.6) is 5.75 Å². The van der Waals surface area contributed by atoms with Gasteiger partial charge in [-0.05, 0) is 42.1 Å². The van der Waals surface area contributed by atoms with Gasteiger partial charge < -0.3 is 16.0 Å². The Balaban J connectivity index is 2.45. The van der Waals surface area contributed by atoms with E-state index in [9.17, 15) is 0 Å². The quantitative estimate of drug-likeness (QED) is 0.826. The zero-order valence-corrected chi connectivity index (χ0v) is 12.0. The number of rotatable bonds is 4. The van der Waals surface area contributed by atoms with Gasteiger partial charge in [0.2, 0.25) is 0 Å². The molecule has 0 aliphatic carbocycles. The minimum atomic E-state index is 0.363. The van der Waals surface area contributed by atoms with E-state index in [4.69, 9.17) is 16.0 Å². The second-order valence-electron chi connectivity index (χ2n) is 4.50. The van der Waals surface area contributed by atoms with Crippen molar-refractivity contribution in [3.63, 3.8) is 0 Å². The molecule has 1 aromatic carbocycles. The highest BCUT2D eigenvalue weighted by atomic mass is 32.7. The Hall–Kier alpha value is -0.280. The van der Waals surface area contributed by atoms with E-state index in [0.717, 1.165) is 5.75 Å². The maximum atomic E-state index is 5.78. The van der Waals surface area contributed by atoms with Crippen LogP contribution >= 0.6 is 19.4 Å². The highest BCUT2D eigenvalue weighted by Crippen LogP contribution is 2.54. The second-order valence-corrected chi connectivity index (χ2v) is 6.59. The molecule has 17 heavy (non-hydrogen) atoms. The van der Waals surface area contributed by atoms with Gasteiger partial charge >= 0.3 is 0 Å². The molecule has 1 aromatic rings. The van der Waals surface area contributed by atoms with Crippen molar-refractivity contribution in [2.24, 2.45) is 11.5 Å². The Morgan fingerprint density at radius 1 is 1.24 bits per heavy atom. The van der Waals surface area contributed by atoms with E-state index >= 15 is 0 Å². The first-order valence-corrected chi connectivity index (χ1v) is 8.29. The topological polar surface area (TPSA) is 61.3 Å². The van der Waals surface area contributed by atoms with Crippen LogP contribution < -0.4 is 16.0 Å². The Labute approximate surface area is 108 Å². The van der Waals surface area contributed by atoms with Gasteiger partial charge in [-0.15, -0.1) is 0 Å². The molecule has 0 radical (unpaired) electrons.